The van der Waals surface area contributed by atoms with Crippen molar-refractivity contribution in [3.63, 3.8) is 0 Å². The maximum absolute atomic E-state index is 12.4. The van der Waals surface area contributed by atoms with Gasteiger partial charge in [0.15, 0.2) is 0 Å². The molecular weight excluding hydrogens is 284 g/mol. The van der Waals surface area contributed by atoms with E-state index in [4.69, 9.17) is 22.7 Å². The van der Waals surface area contributed by atoms with Gasteiger partial charge in [-0.05, 0) is 37.5 Å². The number of benzene rings is 1. The summed E-state index contributed by atoms with van der Waals surface area (Å²) in [6, 6.07) is 7.14. The zero-order valence-electron chi connectivity index (χ0n) is 12.9. The number of thiocarbonyl (C=S) groups is 1. The molecule has 0 aliphatic heterocycles. The highest BCUT2D eigenvalue weighted by Gasteiger charge is 2.31. The number of amides is 1. The fraction of sp³-hybridized carbons (Fsp3) is 0.500. The number of nitrogens with two attached hydrogens (primary N) is 1. The van der Waals surface area contributed by atoms with Crippen LogP contribution < -0.4 is 15.8 Å². The van der Waals surface area contributed by atoms with Gasteiger partial charge in [-0.3, -0.25) is 4.79 Å². The largest absolute Gasteiger partial charge is 0.494 e. The maximum Gasteiger partial charge on any atom is 0.252 e. The number of carbonyl (C=O) groups excluding carboxylic acids is 1. The number of hydrogen-bond acceptors (Lipinski definition) is 3. The van der Waals surface area contributed by atoms with Crippen LogP contribution >= 0.6 is 12.2 Å². The quantitative estimate of drug-likeness (QED) is 0.725. The molecule has 1 aromatic carbocycles. The molecule has 0 aliphatic carbocycles. The van der Waals surface area contributed by atoms with Crippen LogP contribution in [0.3, 0.4) is 0 Å². The molecule has 0 aliphatic rings. The molecule has 3 N–H and O–H groups in total. The first-order valence-corrected chi connectivity index (χ1v) is 7.75. The van der Waals surface area contributed by atoms with E-state index in [2.05, 4.69) is 5.32 Å². The number of nitrogens with one attached hydrogen (secondary N) is 1. The van der Waals surface area contributed by atoms with Gasteiger partial charge in [-0.1, -0.05) is 39.1 Å². The Hall–Kier alpha value is -1.62. The van der Waals surface area contributed by atoms with E-state index in [9.17, 15) is 4.79 Å². The fourth-order valence-electron chi connectivity index (χ4n) is 2.07. The highest BCUT2D eigenvalue weighted by atomic mass is 32.1. The third-order valence-corrected chi connectivity index (χ3v) is 3.99. The van der Waals surface area contributed by atoms with Gasteiger partial charge in [0.1, 0.15) is 5.75 Å². The molecule has 0 bridgehead atoms. The topological polar surface area (TPSA) is 64.3 Å². The summed E-state index contributed by atoms with van der Waals surface area (Å²) in [5, 5.41) is 2.97. The third-order valence-electron chi connectivity index (χ3n) is 3.60. The molecule has 0 aromatic heterocycles. The lowest BCUT2D eigenvalue weighted by Crippen LogP contribution is -2.55. The zero-order valence-corrected chi connectivity index (χ0v) is 13.8. The van der Waals surface area contributed by atoms with E-state index in [1.807, 2.05) is 26.8 Å². The average molecular weight is 308 g/mol. The van der Waals surface area contributed by atoms with Crippen molar-refractivity contribution < 1.29 is 9.53 Å². The van der Waals surface area contributed by atoms with E-state index >= 15 is 0 Å². The van der Waals surface area contributed by atoms with Crippen LogP contribution in [0.4, 0.5) is 0 Å². The van der Waals surface area contributed by atoms with Gasteiger partial charge in [0.2, 0.25) is 0 Å². The third kappa shape index (κ3) is 4.43. The molecule has 0 saturated heterocycles. The van der Waals surface area contributed by atoms with Gasteiger partial charge in [0.05, 0.1) is 17.1 Å². The first-order chi connectivity index (χ1) is 9.99. The molecule has 116 valence electrons. The Morgan fingerprint density at radius 3 is 2.52 bits per heavy atom. The molecule has 0 radical (unpaired) electrons. The van der Waals surface area contributed by atoms with Gasteiger partial charge in [-0.15, -0.1) is 0 Å². The van der Waals surface area contributed by atoms with Gasteiger partial charge in [0, 0.05) is 5.56 Å². The van der Waals surface area contributed by atoms with Crippen LogP contribution in [0.5, 0.6) is 5.75 Å². The second-order valence-electron chi connectivity index (χ2n) is 4.98. The zero-order chi connectivity index (χ0) is 15.9. The van der Waals surface area contributed by atoms with Crippen LogP contribution in [0.1, 0.15) is 50.4 Å². The van der Waals surface area contributed by atoms with Gasteiger partial charge in [0.25, 0.3) is 5.91 Å². The smallest absolute Gasteiger partial charge is 0.252 e. The van der Waals surface area contributed by atoms with E-state index in [1.54, 1.807) is 18.2 Å². The van der Waals surface area contributed by atoms with Crippen molar-refractivity contribution in [2.75, 3.05) is 6.61 Å². The molecule has 1 rings (SSSR count). The fourth-order valence-corrected chi connectivity index (χ4v) is 2.41. The van der Waals surface area contributed by atoms with E-state index in [1.165, 1.54) is 0 Å². The monoisotopic (exact) mass is 308 g/mol. The lowest BCUT2D eigenvalue weighted by atomic mass is 9.92. The van der Waals surface area contributed by atoms with Gasteiger partial charge < -0.3 is 15.8 Å². The Morgan fingerprint density at radius 1 is 1.33 bits per heavy atom. The molecular formula is C16H24N2O2S. The Balaban J connectivity index is 2.90. The van der Waals surface area contributed by atoms with Crippen molar-refractivity contribution in [3.05, 3.63) is 29.8 Å². The summed E-state index contributed by atoms with van der Waals surface area (Å²) in [5.41, 5.74) is 5.72. The molecule has 0 fully saturated rings. The molecule has 5 heteroatoms. The molecule has 4 nitrogen and oxygen atoms in total. The first kappa shape index (κ1) is 17.4. The molecule has 0 spiro atoms. The van der Waals surface area contributed by atoms with Crippen molar-refractivity contribution in [1.29, 1.82) is 0 Å². The second kappa shape index (κ2) is 7.98. The highest BCUT2D eigenvalue weighted by molar-refractivity contribution is 7.80. The predicted octanol–water partition coefficient (Wildman–Crippen LogP) is 3.05. The van der Waals surface area contributed by atoms with Crippen molar-refractivity contribution in [3.8, 4) is 5.75 Å². The van der Waals surface area contributed by atoms with Gasteiger partial charge >= 0.3 is 0 Å². The maximum atomic E-state index is 12.4. The minimum Gasteiger partial charge on any atom is -0.494 e. The van der Waals surface area contributed by atoms with E-state index < -0.39 is 5.54 Å². The number of carbonyl (C=O) groups is 1. The normalized spacial score (nSPS) is 11.0. The lowest BCUT2D eigenvalue weighted by molar-refractivity contribution is 0.0919. The summed E-state index contributed by atoms with van der Waals surface area (Å²) in [6.07, 6.45) is 2.25. The molecule has 1 aromatic rings. The van der Waals surface area contributed by atoms with Crippen LogP contribution in [-0.2, 0) is 0 Å². The molecule has 1 amide bonds. The summed E-state index contributed by atoms with van der Waals surface area (Å²) in [4.78, 5) is 12.7. The summed E-state index contributed by atoms with van der Waals surface area (Å²) < 4.78 is 5.55. The van der Waals surface area contributed by atoms with Crippen molar-refractivity contribution in [2.45, 2.75) is 45.6 Å². The minimum absolute atomic E-state index is 0.187. The molecule has 0 heterocycles. The van der Waals surface area contributed by atoms with Gasteiger partial charge in [-0.25, -0.2) is 0 Å². The van der Waals surface area contributed by atoms with E-state index in [0.29, 0.717) is 35.7 Å². The van der Waals surface area contributed by atoms with Gasteiger partial charge in [-0.2, -0.15) is 0 Å². The molecule has 0 atom stereocenters. The number of hydrogen-bond donors (Lipinski definition) is 2. The highest BCUT2D eigenvalue weighted by Crippen LogP contribution is 2.19. The summed E-state index contributed by atoms with van der Waals surface area (Å²) in [7, 11) is 0. The van der Waals surface area contributed by atoms with Crippen LogP contribution in [0.15, 0.2) is 24.3 Å². The first-order valence-electron chi connectivity index (χ1n) is 7.34. The van der Waals surface area contributed by atoms with Crippen molar-refractivity contribution in [2.24, 2.45) is 5.73 Å². The molecule has 21 heavy (non-hydrogen) atoms. The summed E-state index contributed by atoms with van der Waals surface area (Å²) in [5.74, 6) is 0.506. The van der Waals surface area contributed by atoms with E-state index in [0.717, 1.165) is 6.42 Å². The van der Waals surface area contributed by atoms with Crippen LogP contribution in [0.25, 0.3) is 0 Å². The standard InChI is InChI=1S/C16H24N2O2S/c1-4-10-20-13-9-7-8-12(11-13)14(19)18-16(5-2,6-3)15(17)21/h7-9,11H,4-6,10H2,1-3H3,(H2,17,21)(H,18,19). The number of ether oxygens (including phenoxy) is 1. The summed E-state index contributed by atoms with van der Waals surface area (Å²) in [6.45, 7) is 6.59. The Bertz CT molecular complexity index is 499. The second-order valence-corrected chi connectivity index (χ2v) is 5.42. The lowest BCUT2D eigenvalue weighted by Gasteiger charge is -2.31. The Morgan fingerprint density at radius 2 is 2.00 bits per heavy atom. The minimum atomic E-state index is -0.632. The van der Waals surface area contributed by atoms with Crippen LogP contribution in [0.2, 0.25) is 0 Å². The average Bonchev–Trinajstić information content (AvgIpc) is 2.50. The van der Waals surface area contributed by atoms with Crippen molar-refractivity contribution in [1.82, 2.24) is 5.32 Å². The van der Waals surface area contributed by atoms with Crippen LogP contribution in [0, 0.1) is 0 Å². The SMILES string of the molecule is CCCOc1cccc(C(=O)NC(CC)(CC)C(N)=S)c1. The Kier molecular flexibility index (Phi) is 6.62. The van der Waals surface area contributed by atoms with Crippen molar-refractivity contribution >= 4 is 23.1 Å². The van der Waals surface area contributed by atoms with Crippen LogP contribution in [-0.4, -0.2) is 23.0 Å². The summed E-state index contributed by atoms with van der Waals surface area (Å²) >= 11 is 5.12. The predicted molar refractivity (Wildman–Crippen MR) is 89.8 cm³/mol. The number of rotatable bonds is 8. The molecule has 0 saturated carbocycles. The van der Waals surface area contributed by atoms with E-state index in [-0.39, 0.29) is 5.91 Å². The Labute approximate surface area is 132 Å². The molecule has 0 unspecified atom stereocenters.